The molecule has 29 heavy (non-hydrogen) atoms. The smallest absolute Gasteiger partial charge is 0.251 e. The van der Waals surface area contributed by atoms with Crippen molar-refractivity contribution in [3.8, 4) is 5.75 Å². The molecular formula is C22H28N4O3. The maximum atomic E-state index is 12.2. The monoisotopic (exact) mass is 396 g/mol. The fourth-order valence-corrected chi connectivity index (χ4v) is 2.91. The zero-order chi connectivity index (χ0) is 21.0. The average molecular weight is 396 g/mol. The van der Waals surface area contributed by atoms with Gasteiger partial charge in [0, 0.05) is 18.5 Å². The Morgan fingerprint density at radius 1 is 1.17 bits per heavy atom. The van der Waals surface area contributed by atoms with E-state index in [-0.39, 0.29) is 12.5 Å². The molecule has 3 rings (SSSR count). The van der Waals surface area contributed by atoms with Crippen LogP contribution < -0.4 is 10.1 Å². The number of amides is 1. The van der Waals surface area contributed by atoms with Gasteiger partial charge in [-0.15, -0.1) is 5.10 Å². The lowest BCUT2D eigenvalue weighted by atomic mass is 10.1. The average Bonchev–Trinajstić information content (AvgIpc) is 3.07. The first kappa shape index (κ1) is 20.8. The maximum absolute atomic E-state index is 12.2. The highest BCUT2D eigenvalue weighted by Gasteiger charge is 2.19. The molecule has 3 aromatic rings. The summed E-state index contributed by atoms with van der Waals surface area (Å²) in [6.07, 6.45) is 0.790. The largest absolute Gasteiger partial charge is 0.494 e. The molecule has 0 saturated heterocycles. The molecule has 1 amide bonds. The van der Waals surface area contributed by atoms with E-state index >= 15 is 0 Å². The van der Waals surface area contributed by atoms with E-state index in [9.17, 15) is 9.90 Å². The van der Waals surface area contributed by atoms with E-state index in [1.165, 1.54) is 11.1 Å². The molecule has 2 N–H and O–H groups in total. The number of aliphatic hydroxyl groups excluding tert-OH is 1. The third kappa shape index (κ3) is 5.12. The van der Waals surface area contributed by atoms with Crippen LogP contribution in [-0.2, 0) is 6.54 Å². The van der Waals surface area contributed by atoms with Gasteiger partial charge in [-0.25, -0.2) is 4.68 Å². The lowest BCUT2D eigenvalue weighted by Crippen LogP contribution is -2.46. The first-order chi connectivity index (χ1) is 13.8. The molecule has 154 valence electrons. The Morgan fingerprint density at radius 3 is 2.55 bits per heavy atom. The summed E-state index contributed by atoms with van der Waals surface area (Å²) in [5, 5.41) is 20.5. The molecule has 7 nitrogen and oxygen atoms in total. The van der Waals surface area contributed by atoms with E-state index in [1.807, 2.05) is 4.68 Å². The number of hydrogen-bond acceptors (Lipinski definition) is 5. The number of nitrogens with zero attached hydrogens (tertiary/aromatic N) is 3. The number of carbonyl (C=O) groups is 1. The highest BCUT2D eigenvalue weighted by Crippen LogP contribution is 2.18. The number of aryl methyl sites for hydroxylation is 3. The van der Waals surface area contributed by atoms with E-state index in [4.69, 9.17) is 4.74 Å². The summed E-state index contributed by atoms with van der Waals surface area (Å²) in [5.41, 5.74) is 4.25. The van der Waals surface area contributed by atoms with Crippen molar-refractivity contribution in [3.05, 3.63) is 53.1 Å². The molecule has 7 heteroatoms. The molecule has 1 aromatic heterocycles. The van der Waals surface area contributed by atoms with Crippen molar-refractivity contribution < 1.29 is 14.6 Å². The van der Waals surface area contributed by atoms with E-state index in [2.05, 4.69) is 41.6 Å². The number of benzene rings is 2. The Balaban J connectivity index is 1.51. The summed E-state index contributed by atoms with van der Waals surface area (Å²) in [5.74, 6) is 0.483. The third-order valence-corrected chi connectivity index (χ3v) is 4.88. The number of aliphatic hydroxyl groups is 1. The molecule has 0 saturated carbocycles. The second-order valence-electron chi connectivity index (χ2n) is 7.96. The Bertz CT molecular complexity index is 993. The molecule has 0 unspecified atom stereocenters. The number of carbonyl (C=O) groups excluding carboxylic acids is 1. The summed E-state index contributed by atoms with van der Waals surface area (Å²) in [6.45, 7) is 8.82. The number of fused-ring (bicyclic) bond motifs is 1. The van der Waals surface area contributed by atoms with Crippen LogP contribution in [0.25, 0.3) is 11.0 Å². The minimum Gasteiger partial charge on any atom is -0.494 e. The summed E-state index contributed by atoms with van der Waals surface area (Å²) in [4.78, 5) is 12.2. The molecule has 0 atom stereocenters. The van der Waals surface area contributed by atoms with Crippen LogP contribution in [0.5, 0.6) is 5.75 Å². The normalized spacial score (nSPS) is 11.6. The van der Waals surface area contributed by atoms with Crippen molar-refractivity contribution in [2.45, 2.75) is 46.2 Å². The molecule has 0 aliphatic rings. The van der Waals surface area contributed by atoms with Crippen LogP contribution in [0.4, 0.5) is 0 Å². The van der Waals surface area contributed by atoms with E-state index in [1.54, 1.807) is 38.1 Å². The topological polar surface area (TPSA) is 89.3 Å². The minimum atomic E-state index is -0.658. The standard InChI is InChI=1S/C22H28N4O3/c1-15-12-19-20(13-16(15)2)26(25-24-19)10-5-11-29-18-8-6-17(7-9-18)21(28)23-22(3,4)14-27/h6-9,12-13,27H,5,10-11,14H2,1-4H3,(H,23,28). The summed E-state index contributed by atoms with van der Waals surface area (Å²) >= 11 is 0. The van der Waals surface area contributed by atoms with Crippen LogP contribution in [0, 0.1) is 13.8 Å². The fourth-order valence-electron chi connectivity index (χ4n) is 2.91. The zero-order valence-electron chi connectivity index (χ0n) is 17.4. The van der Waals surface area contributed by atoms with Gasteiger partial charge in [-0.2, -0.15) is 0 Å². The lowest BCUT2D eigenvalue weighted by Gasteiger charge is -2.23. The van der Waals surface area contributed by atoms with Gasteiger partial charge in [0.15, 0.2) is 0 Å². The Morgan fingerprint density at radius 2 is 1.86 bits per heavy atom. The fraction of sp³-hybridized carbons (Fsp3) is 0.409. The van der Waals surface area contributed by atoms with Gasteiger partial charge in [0.1, 0.15) is 11.3 Å². The van der Waals surface area contributed by atoms with Gasteiger partial charge in [-0.05, 0) is 75.2 Å². The summed E-state index contributed by atoms with van der Waals surface area (Å²) in [7, 11) is 0. The lowest BCUT2D eigenvalue weighted by molar-refractivity contribution is 0.0869. The molecule has 0 fully saturated rings. The van der Waals surface area contributed by atoms with Crippen molar-refractivity contribution in [1.82, 2.24) is 20.3 Å². The van der Waals surface area contributed by atoms with Gasteiger partial charge in [0.25, 0.3) is 5.91 Å². The number of nitrogens with one attached hydrogen (secondary N) is 1. The van der Waals surface area contributed by atoms with Gasteiger partial charge < -0.3 is 15.2 Å². The van der Waals surface area contributed by atoms with Crippen LogP contribution in [-0.4, -0.2) is 44.8 Å². The third-order valence-electron chi connectivity index (χ3n) is 4.88. The van der Waals surface area contributed by atoms with Crippen molar-refractivity contribution in [2.24, 2.45) is 0 Å². The first-order valence-corrected chi connectivity index (χ1v) is 9.76. The quantitative estimate of drug-likeness (QED) is 0.572. The SMILES string of the molecule is Cc1cc2nnn(CCCOc3ccc(C(=O)NC(C)(C)CO)cc3)c2cc1C. The molecule has 2 aromatic carbocycles. The van der Waals surface area contributed by atoms with Gasteiger partial charge >= 0.3 is 0 Å². The van der Waals surface area contributed by atoms with Crippen LogP contribution in [0.2, 0.25) is 0 Å². The van der Waals surface area contributed by atoms with E-state index < -0.39 is 5.54 Å². The Labute approximate surface area is 170 Å². The van der Waals surface area contributed by atoms with Crippen LogP contribution in [0.15, 0.2) is 36.4 Å². The summed E-state index contributed by atoms with van der Waals surface area (Å²) in [6, 6.07) is 11.2. The predicted octanol–water partition coefficient (Wildman–Crippen LogP) is 3.02. The molecule has 0 bridgehead atoms. The molecule has 0 radical (unpaired) electrons. The van der Waals surface area contributed by atoms with Crippen molar-refractivity contribution in [2.75, 3.05) is 13.2 Å². The second-order valence-corrected chi connectivity index (χ2v) is 7.96. The van der Waals surface area contributed by atoms with Crippen LogP contribution in [0.1, 0.15) is 41.8 Å². The maximum Gasteiger partial charge on any atom is 0.251 e. The number of rotatable bonds is 8. The molecule has 0 aliphatic heterocycles. The minimum absolute atomic E-state index is 0.125. The van der Waals surface area contributed by atoms with Crippen LogP contribution in [0.3, 0.4) is 0 Å². The number of ether oxygens (including phenoxy) is 1. The second kappa shape index (κ2) is 8.61. The molecule has 1 heterocycles. The Hall–Kier alpha value is -2.93. The highest BCUT2D eigenvalue weighted by atomic mass is 16.5. The number of hydrogen-bond donors (Lipinski definition) is 2. The summed E-state index contributed by atoms with van der Waals surface area (Å²) < 4.78 is 7.69. The highest BCUT2D eigenvalue weighted by molar-refractivity contribution is 5.94. The van der Waals surface area contributed by atoms with Crippen molar-refractivity contribution in [3.63, 3.8) is 0 Å². The Kier molecular flexibility index (Phi) is 6.17. The van der Waals surface area contributed by atoms with Gasteiger partial charge in [0.2, 0.25) is 0 Å². The van der Waals surface area contributed by atoms with E-state index in [0.29, 0.717) is 17.9 Å². The predicted molar refractivity (Wildman–Crippen MR) is 112 cm³/mol. The van der Waals surface area contributed by atoms with Gasteiger partial charge in [-0.1, -0.05) is 5.21 Å². The van der Waals surface area contributed by atoms with Crippen LogP contribution >= 0.6 is 0 Å². The van der Waals surface area contributed by atoms with Crippen molar-refractivity contribution in [1.29, 1.82) is 0 Å². The molecule has 0 spiro atoms. The number of aromatic nitrogens is 3. The zero-order valence-corrected chi connectivity index (χ0v) is 17.4. The van der Waals surface area contributed by atoms with Crippen molar-refractivity contribution >= 4 is 16.9 Å². The van der Waals surface area contributed by atoms with Gasteiger partial charge in [0.05, 0.1) is 24.3 Å². The molecular weight excluding hydrogens is 368 g/mol. The first-order valence-electron chi connectivity index (χ1n) is 9.76. The molecule has 0 aliphatic carbocycles. The van der Waals surface area contributed by atoms with E-state index in [0.717, 1.165) is 24.0 Å². The van der Waals surface area contributed by atoms with Gasteiger partial charge in [-0.3, -0.25) is 4.79 Å².